The van der Waals surface area contributed by atoms with Crippen LogP contribution in [0.4, 0.5) is 4.39 Å². The standard InChI is InChI=1S/C21H21FN4O3/c22-17-6-8-18(9-7-17)28-15-20(27)26-12-10-25(11-13-26)14-19-23-24-21(29-19)16-4-2-1-3-5-16/h1-9H,10-15H2. The molecule has 1 amide bonds. The van der Waals surface area contributed by atoms with E-state index >= 15 is 0 Å². The van der Waals surface area contributed by atoms with Crippen LogP contribution in [0.3, 0.4) is 0 Å². The van der Waals surface area contributed by atoms with Crippen LogP contribution in [-0.2, 0) is 11.3 Å². The molecule has 2 aromatic carbocycles. The minimum Gasteiger partial charge on any atom is -0.484 e. The maximum Gasteiger partial charge on any atom is 0.260 e. The Hall–Kier alpha value is -3.26. The van der Waals surface area contributed by atoms with Crippen molar-refractivity contribution in [2.75, 3.05) is 32.8 Å². The fourth-order valence-corrected chi connectivity index (χ4v) is 3.13. The molecule has 1 fully saturated rings. The Morgan fingerprint density at radius 3 is 2.45 bits per heavy atom. The van der Waals surface area contributed by atoms with Crippen LogP contribution in [0.1, 0.15) is 5.89 Å². The van der Waals surface area contributed by atoms with Gasteiger partial charge in [0.05, 0.1) is 6.54 Å². The second-order valence-corrected chi connectivity index (χ2v) is 6.77. The maximum atomic E-state index is 12.9. The molecule has 29 heavy (non-hydrogen) atoms. The van der Waals surface area contributed by atoms with Crippen molar-refractivity contribution in [3.05, 3.63) is 66.3 Å². The predicted molar refractivity (Wildman–Crippen MR) is 103 cm³/mol. The Labute approximate surface area is 167 Å². The van der Waals surface area contributed by atoms with Gasteiger partial charge in [-0.1, -0.05) is 18.2 Å². The Kier molecular flexibility index (Phi) is 5.81. The van der Waals surface area contributed by atoms with Crippen molar-refractivity contribution < 1.29 is 18.3 Å². The van der Waals surface area contributed by atoms with Crippen LogP contribution in [0.2, 0.25) is 0 Å². The lowest BCUT2D eigenvalue weighted by Gasteiger charge is -2.33. The lowest BCUT2D eigenvalue weighted by atomic mass is 10.2. The normalized spacial score (nSPS) is 14.7. The van der Waals surface area contributed by atoms with Crippen molar-refractivity contribution in [1.82, 2.24) is 20.0 Å². The molecule has 0 unspecified atom stereocenters. The fourth-order valence-electron chi connectivity index (χ4n) is 3.13. The molecule has 2 heterocycles. The summed E-state index contributed by atoms with van der Waals surface area (Å²) in [5.74, 6) is 1.12. The molecule has 1 aliphatic rings. The molecular weight excluding hydrogens is 375 g/mol. The average molecular weight is 396 g/mol. The molecule has 4 rings (SSSR count). The van der Waals surface area contributed by atoms with Gasteiger partial charge in [0.1, 0.15) is 11.6 Å². The second kappa shape index (κ2) is 8.83. The van der Waals surface area contributed by atoms with Gasteiger partial charge < -0.3 is 14.1 Å². The number of hydrogen-bond acceptors (Lipinski definition) is 6. The predicted octanol–water partition coefficient (Wildman–Crippen LogP) is 2.60. The molecule has 0 radical (unpaired) electrons. The van der Waals surface area contributed by atoms with Crippen LogP contribution >= 0.6 is 0 Å². The van der Waals surface area contributed by atoms with Crippen LogP contribution in [0.25, 0.3) is 11.5 Å². The number of ether oxygens (including phenoxy) is 1. The molecule has 8 heteroatoms. The Morgan fingerprint density at radius 1 is 1.00 bits per heavy atom. The highest BCUT2D eigenvalue weighted by Crippen LogP contribution is 2.18. The smallest absolute Gasteiger partial charge is 0.260 e. The zero-order valence-electron chi connectivity index (χ0n) is 15.8. The topological polar surface area (TPSA) is 71.7 Å². The van der Waals surface area contributed by atoms with Gasteiger partial charge in [-0.3, -0.25) is 9.69 Å². The van der Waals surface area contributed by atoms with Crippen LogP contribution in [0, 0.1) is 5.82 Å². The summed E-state index contributed by atoms with van der Waals surface area (Å²) in [4.78, 5) is 16.3. The summed E-state index contributed by atoms with van der Waals surface area (Å²) in [6.07, 6.45) is 0. The lowest BCUT2D eigenvalue weighted by molar-refractivity contribution is -0.135. The highest BCUT2D eigenvalue weighted by molar-refractivity contribution is 5.77. The Morgan fingerprint density at radius 2 is 1.72 bits per heavy atom. The van der Waals surface area contributed by atoms with Crippen molar-refractivity contribution in [3.63, 3.8) is 0 Å². The van der Waals surface area contributed by atoms with Crippen LogP contribution in [-0.4, -0.2) is 58.7 Å². The summed E-state index contributed by atoms with van der Waals surface area (Å²) < 4.78 is 24.1. The van der Waals surface area contributed by atoms with Crippen LogP contribution in [0.15, 0.2) is 59.0 Å². The number of hydrogen-bond donors (Lipinski definition) is 0. The molecular formula is C21H21FN4O3. The summed E-state index contributed by atoms with van der Waals surface area (Å²) in [5.41, 5.74) is 0.892. The highest BCUT2D eigenvalue weighted by atomic mass is 19.1. The molecule has 7 nitrogen and oxygen atoms in total. The zero-order chi connectivity index (χ0) is 20.1. The Balaban J connectivity index is 1.23. The van der Waals surface area contributed by atoms with Crippen molar-refractivity contribution in [2.24, 2.45) is 0 Å². The van der Waals surface area contributed by atoms with Gasteiger partial charge in [0.25, 0.3) is 5.91 Å². The summed E-state index contributed by atoms with van der Waals surface area (Å²) >= 11 is 0. The zero-order valence-corrected chi connectivity index (χ0v) is 15.8. The van der Waals surface area contributed by atoms with E-state index in [-0.39, 0.29) is 18.3 Å². The summed E-state index contributed by atoms with van der Waals surface area (Å²) in [6, 6.07) is 15.3. The quantitative estimate of drug-likeness (QED) is 0.638. The number of benzene rings is 2. The van der Waals surface area contributed by atoms with Crippen molar-refractivity contribution >= 4 is 5.91 Å². The van der Waals surface area contributed by atoms with Gasteiger partial charge in [0.2, 0.25) is 11.8 Å². The van der Waals surface area contributed by atoms with Gasteiger partial charge >= 0.3 is 0 Å². The van der Waals surface area contributed by atoms with E-state index < -0.39 is 0 Å². The van der Waals surface area contributed by atoms with Gasteiger partial charge in [-0.15, -0.1) is 10.2 Å². The molecule has 3 aromatic rings. The molecule has 1 aromatic heterocycles. The molecule has 150 valence electrons. The van der Waals surface area contributed by atoms with Gasteiger partial charge in [-0.05, 0) is 36.4 Å². The number of rotatable bonds is 6. The first-order valence-corrected chi connectivity index (χ1v) is 9.44. The third-order valence-electron chi connectivity index (χ3n) is 4.75. The van der Waals surface area contributed by atoms with E-state index in [0.717, 1.165) is 5.56 Å². The molecule has 0 aliphatic carbocycles. The third-order valence-corrected chi connectivity index (χ3v) is 4.75. The number of amides is 1. The Bertz CT molecular complexity index is 938. The number of carbonyl (C=O) groups is 1. The van der Waals surface area contributed by atoms with E-state index in [2.05, 4.69) is 15.1 Å². The molecule has 1 aliphatic heterocycles. The number of nitrogens with zero attached hydrogens (tertiary/aromatic N) is 4. The van der Waals surface area contributed by atoms with E-state index in [0.29, 0.717) is 50.3 Å². The summed E-state index contributed by atoms with van der Waals surface area (Å²) in [5, 5.41) is 8.23. The number of piperazine rings is 1. The van der Waals surface area contributed by atoms with E-state index in [9.17, 15) is 9.18 Å². The molecule has 0 spiro atoms. The molecule has 0 saturated carbocycles. The van der Waals surface area contributed by atoms with Crippen LogP contribution < -0.4 is 4.74 Å². The molecule has 0 bridgehead atoms. The first kappa shape index (κ1) is 19.1. The van der Waals surface area contributed by atoms with E-state index in [4.69, 9.17) is 9.15 Å². The number of carbonyl (C=O) groups excluding carboxylic acids is 1. The van der Waals surface area contributed by atoms with Gasteiger partial charge in [0, 0.05) is 31.7 Å². The van der Waals surface area contributed by atoms with E-state index in [1.165, 1.54) is 24.3 Å². The second-order valence-electron chi connectivity index (χ2n) is 6.77. The first-order chi connectivity index (χ1) is 14.2. The van der Waals surface area contributed by atoms with E-state index in [1.807, 2.05) is 30.3 Å². The maximum absolute atomic E-state index is 12.9. The van der Waals surface area contributed by atoms with Crippen molar-refractivity contribution in [3.8, 4) is 17.2 Å². The van der Waals surface area contributed by atoms with Gasteiger partial charge in [-0.25, -0.2) is 4.39 Å². The van der Waals surface area contributed by atoms with Crippen LogP contribution in [0.5, 0.6) is 5.75 Å². The lowest BCUT2D eigenvalue weighted by Crippen LogP contribution is -2.49. The van der Waals surface area contributed by atoms with Crippen molar-refractivity contribution in [1.29, 1.82) is 0 Å². The minimum absolute atomic E-state index is 0.0598. The fraction of sp³-hybridized carbons (Fsp3) is 0.286. The monoisotopic (exact) mass is 396 g/mol. The number of halogens is 1. The average Bonchev–Trinajstić information content (AvgIpc) is 3.23. The molecule has 1 saturated heterocycles. The summed E-state index contributed by atoms with van der Waals surface area (Å²) in [7, 11) is 0. The van der Waals surface area contributed by atoms with Crippen molar-refractivity contribution in [2.45, 2.75) is 6.54 Å². The van der Waals surface area contributed by atoms with E-state index in [1.54, 1.807) is 4.90 Å². The molecule has 0 atom stereocenters. The van der Waals surface area contributed by atoms with Gasteiger partial charge in [-0.2, -0.15) is 0 Å². The van der Waals surface area contributed by atoms with Gasteiger partial charge in [0.15, 0.2) is 6.61 Å². The SMILES string of the molecule is O=C(COc1ccc(F)cc1)N1CCN(Cc2nnc(-c3ccccc3)o2)CC1. The minimum atomic E-state index is -0.336. The summed E-state index contributed by atoms with van der Waals surface area (Å²) in [6.45, 7) is 3.12. The third kappa shape index (κ3) is 4.97. The largest absolute Gasteiger partial charge is 0.484 e. The first-order valence-electron chi connectivity index (χ1n) is 9.44. The molecule has 0 N–H and O–H groups in total. The number of aromatic nitrogens is 2. The highest BCUT2D eigenvalue weighted by Gasteiger charge is 2.23.